The van der Waals surface area contributed by atoms with Gasteiger partial charge in [-0.25, -0.2) is 4.39 Å². The minimum absolute atomic E-state index is 0. The van der Waals surface area contributed by atoms with Gasteiger partial charge in [0.1, 0.15) is 5.75 Å². The van der Waals surface area contributed by atoms with Crippen LogP contribution in [-0.2, 0) is 12.8 Å². The van der Waals surface area contributed by atoms with Gasteiger partial charge in [-0.3, -0.25) is 9.98 Å². The van der Waals surface area contributed by atoms with E-state index in [1.807, 2.05) is 42.5 Å². The third-order valence-electron chi connectivity index (χ3n) is 4.06. The second-order valence-electron chi connectivity index (χ2n) is 6.19. The molecular weight excluding hydrogens is 482 g/mol. The van der Waals surface area contributed by atoms with Crippen LogP contribution in [0.3, 0.4) is 0 Å². The number of aromatic nitrogens is 1. The van der Waals surface area contributed by atoms with Gasteiger partial charge < -0.3 is 15.8 Å². The van der Waals surface area contributed by atoms with Gasteiger partial charge in [-0.1, -0.05) is 30.3 Å². The zero-order chi connectivity index (χ0) is 19.6. The van der Waals surface area contributed by atoms with Gasteiger partial charge in [0.25, 0.3) is 0 Å². The first-order valence-electron chi connectivity index (χ1n) is 9.16. The van der Waals surface area contributed by atoms with E-state index in [4.69, 9.17) is 10.5 Å². The monoisotopic (exact) mass is 506 g/mol. The van der Waals surface area contributed by atoms with Gasteiger partial charge in [0.15, 0.2) is 17.5 Å². The number of guanidine groups is 1. The van der Waals surface area contributed by atoms with Crippen molar-refractivity contribution in [3.63, 3.8) is 0 Å². The topological polar surface area (TPSA) is 72.5 Å². The average molecular weight is 506 g/mol. The van der Waals surface area contributed by atoms with Gasteiger partial charge in [-0.05, 0) is 48.4 Å². The van der Waals surface area contributed by atoms with E-state index in [0.717, 1.165) is 17.7 Å². The van der Waals surface area contributed by atoms with E-state index in [2.05, 4.69) is 15.3 Å². The summed E-state index contributed by atoms with van der Waals surface area (Å²) < 4.78 is 19.8. The van der Waals surface area contributed by atoms with Gasteiger partial charge in [-0.2, -0.15) is 0 Å². The molecule has 2 aromatic carbocycles. The molecule has 0 fully saturated rings. The van der Waals surface area contributed by atoms with Gasteiger partial charge in [-0.15, -0.1) is 24.0 Å². The molecule has 0 amide bonds. The van der Waals surface area contributed by atoms with Crippen LogP contribution in [0.5, 0.6) is 11.5 Å². The highest BCUT2D eigenvalue weighted by Gasteiger charge is 2.06. The summed E-state index contributed by atoms with van der Waals surface area (Å²) in [5.41, 5.74) is 7.70. The Hall–Kier alpha value is -2.68. The molecule has 3 N–H and O–H groups in total. The Morgan fingerprint density at radius 2 is 1.83 bits per heavy atom. The summed E-state index contributed by atoms with van der Waals surface area (Å²) in [5, 5.41) is 3.04. The number of rotatable bonds is 8. The lowest BCUT2D eigenvalue weighted by Gasteiger charge is -2.09. The normalized spacial score (nSPS) is 10.9. The molecule has 0 unspecified atom stereocenters. The van der Waals surface area contributed by atoms with Crippen molar-refractivity contribution >= 4 is 29.9 Å². The molecule has 1 aromatic heterocycles. The SMILES string of the molecule is I.NC(=NCCc1ccccn1)NCCc1ccc(Oc2ccccc2)c(F)c1. The number of para-hydroxylation sites is 1. The fourth-order valence-electron chi connectivity index (χ4n) is 2.63. The van der Waals surface area contributed by atoms with Gasteiger partial charge >= 0.3 is 0 Å². The van der Waals surface area contributed by atoms with Gasteiger partial charge in [0.05, 0.1) is 0 Å². The molecule has 29 heavy (non-hydrogen) atoms. The van der Waals surface area contributed by atoms with E-state index in [1.54, 1.807) is 24.4 Å². The summed E-state index contributed by atoms with van der Waals surface area (Å²) in [6.45, 7) is 1.13. The number of nitrogens with zero attached hydrogens (tertiary/aromatic N) is 2. The van der Waals surface area contributed by atoms with Crippen molar-refractivity contribution < 1.29 is 9.13 Å². The molecule has 0 aliphatic rings. The molecule has 0 saturated heterocycles. The van der Waals surface area contributed by atoms with Crippen LogP contribution in [0.25, 0.3) is 0 Å². The standard InChI is InChI=1S/C22H23FN4O.HI/c23-20-16-17(9-10-21(20)28-19-7-2-1-3-8-19)11-14-26-22(24)27-15-12-18-6-4-5-13-25-18;/h1-10,13,16H,11-12,14-15H2,(H3,24,26,27);1H. The summed E-state index contributed by atoms with van der Waals surface area (Å²) in [4.78, 5) is 8.52. The first-order valence-corrected chi connectivity index (χ1v) is 9.16. The third-order valence-corrected chi connectivity index (χ3v) is 4.06. The second kappa shape index (κ2) is 12.0. The Morgan fingerprint density at radius 3 is 2.55 bits per heavy atom. The number of ether oxygens (including phenoxy) is 1. The first kappa shape index (κ1) is 22.6. The van der Waals surface area contributed by atoms with Crippen LogP contribution in [0, 0.1) is 5.82 Å². The lowest BCUT2D eigenvalue weighted by atomic mass is 10.1. The van der Waals surface area contributed by atoms with Crippen molar-refractivity contribution in [2.75, 3.05) is 13.1 Å². The number of pyridine rings is 1. The summed E-state index contributed by atoms with van der Waals surface area (Å²) in [5.74, 6) is 0.794. The van der Waals surface area contributed by atoms with Crippen molar-refractivity contribution in [1.29, 1.82) is 0 Å². The van der Waals surface area contributed by atoms with Crippen LogP contribution in [-0.4, -0.2) is 24.0 Å². The lowest BCUT2D eigenvalue weighted by Crippen LogP contribution is -2.33. The molecule has 1 heterocycles. The number of halogens is 2. The van der Waals surface area contributed by atoms with Crippen LogP contribution >= 0.6 is 24.0 Å². The Bertz CT molecular complexity index is 907. The summed E-state index contributed by atoms with van der Waals surface area (Å²) in [7, 11) is 0. The van der Waals surface area contributed by atoms with Crippen LogP contribution in [0.2, 0.25) is 0 Å². The Morgan fingerprint density at radius 1 is 1.03 bits per heavy atom. The molecule has 152 valence electrons. The summed E-state index contributed by atoms with van der Waals surface area (Å²) in [6.07, 6.45) is 3.12. The number of nitrogens with two attached hydrogens (primary N) is 1. The highest BCUT2D eigenvalue weighted by Crippen LogP contribution is 2.24. The van der Waals surface area contributed by atoms with E-state index < -0.39 is 5.82 Å². The number of hydrogen-bond donors (Lipinski definition) is 2. The lowest BCUT2D eigenvalue weighted by molar-refractivity contribution is 0.441. The van der Waals surface area contributed by atoms with E-state index in [0.29, 0.717) is 31.2 Å². The van der Waals surface area contributed by atoms with Crippen molar-refractivity contribution in [3.05, 3.63) is 90.0 Å². The largest absolute Gasteiger partial charge is 0.454 e. The summed E-state index contributed by atoms with van der Waals surface area (Å²) in [6, 6.07) is 19.9. The van der Waals surface area contributed by atoms with Gasteiger partial charge in [0, 0.05) is 31.4 Å². The molecule has 7 heteroatoms. The van der Waals surface area contributed by atoms with Crippen LogP contribution in [0.4, 0.5) is 4.39 Å². The molecule has 5 nitrogen and oxygen atoms in total. The van der Waals surface area contributed by atoms with E-state index in [-0.39, 0.29) is 29.7 Å². The molecule has 0 radical (unpaired) electrons. The molecular formula is C22H24FIN4O. The Balaban J connectivity index is 0.00000300. The molecule has 0 aliphatic carbocycles. The van der Waals surface area contributed by atoms with Crippen LogP contribution in [0.15, 0.2) is 77.9 Å². The minimum Gasteiger partial charge on any atom is -0.454 e. The quantitative estimate of drug-likeness (QED) is 0.271. The maximum Gasteiger partial charge on any atom is 0.188 e. The molecule has 3 aromatic rings. The smallest absolute Gasteiger partial charge is 0.188 e. The fraction of sp³-hybridized carbons (Fsp3) is 0.182. The van der Waals surface area contributed by atoms with E-state index in [9.17, 15) is 4.39 Å². The van der Waals surface area contributed by atoms with Gasteiger partial charge in [0.2, 0.25) is 0 Å². The predicted molar refractivity (Wildman–Crippen MR) is 124 cm³/mol. The van der Waals surface area contributed by atoms with Crippen molar-refractivity contribution in [3.8, 4) is 11.5 Å². The first-order chi connectivity index (χ1) is 13.7. The number of aliphatic imine (C=N–C) groups is 1. The molecule has 0 spiro atoms. The predicted octanol–water partition coefficient (Wildman–Crippen LogP) is 4.32. The zero-order valence-corrected chi connectivity index (χ0v) is 18.3. The van der Waals surface area contributed by atoms with Crippen molar-refractivity contribution in [2.24, 2.45) is 10.7 Å². The molecule has 0 bridgehead atoms. The van der Waals surface area contributed by atoms with Crippen LogP contribution < -0.4 is 15.8 Å². The molecule has 3 rings (SSSR count). The fourth-order valence-corrected chi connectivity index (χ4v) is 2.63. The maximum absolute atomic E-state index is 14.2. The molecule has 0 atom stereocenters. The zero-order valence-electron chi connectivity index (χ0n) is 15.9. The highest BCUT2D eigenvalue weighted by molar-refractivity contribution is 14.0. The van der Waals surface area contributed by atoms with E-state index >= 15 is 0 Å². The minimum atomic E-state index is -0.390. The number of hydrogen-bond acceptors (Lipinski definition) is 3. The number of nitrogens with one attached hydrogen (secondary N) is 1. The summed E-state index contributed by atoms with van der Waals surface area (Å²) >= 11 is 0. The third kappa shape index (κ3) is 7.69. The Labute approximate surface area is 187 Å². The van der Waals surface area contributed by atoms with Crippen LogP contribution in [0.1, 0.15) is 11.3 Å². The second-order valence-corrected chi connectivity index (χ2v) is 6.19. The number of benzene rings is 2. The van der Waals surface area contributed by atoms with Crippen molar-refractivity contribution in [1.82, 2.24) is 10.3 Å². The van der Waals surface area contributed by atoms with Crippen molar-refractivity contribution in [2.45, 2.75) is 12.8 Å². The Kier molecular flexibility index (Phi) is 9.36. The highest BCUT2D eigenvalue weighted by atomic mass is 127. The molecule has 0 aliphatic heterocycles. The maximum atomic E-state index is 14.2. The average Bonchev–Trinajstić information content (AvgIpc) is 2.72. The van der Waals surface area contributed by atoms with E-state index in [1.165, 1.54) is 6.07 Å². The molecule has 0 saturated carbocycles.